The zero-order valence-electron chi connectivity index (χ0n) is 27.3. The van der Waals surface area contributed by atoms with Gasteiger partial charge in [-0.05, 0) is 80.7 Å². The van der Waals surface area contributed by atoms with Crippen molar-refractivity contribution in [3.8, 4) is 22.3 Å². The largest absolute Gasteiger partial charge is 0.455 e. The van der Waals surface area contributed by atoms with Crippen LogP contribution in [-0.2, 0) is 0 Å². The Hall–Kier alpha value is -6.64. The summed E-state index contributed by atoms with van der Waals surface area (Å²) in [4.78, 5) is 2.40. The van der Waals surface area contributed by atoms with Gasteiger partial charge < -0.3 is 9.32 Å². The fourth-order valence-electron chi connectivity index (χ4n) is 7.66. The third kappa shape index (κ3) is 4.57. The highest BCUT2D eigenvalue weighted by Crippen LogP contribution is 2.45. The average molecular weight is 638 g/mol. The molecule has 0 N–H and O–H groups in total. The summed E-state index contributed by atoms with van der Waals surface area (Å²) in [5.74, 6) is 0. The lowest BCUT2D eigenvalue weighted by molar-refractivity contribution is 0.673. The van der Waals surface area contributed by atoms with E-state index in [1.54, 1.807) is 0 Å². The first-order valence-electron chi connectivity index (χ1n) is 17.1. The predicted octanol–water partition coefficient (Wildman–Crippen LogP) is 13.8. The summed E-state index contributed by atoms with van der Waals surface area (Å²) >= 11 is 0. The summed E-state index contributed by atoms with van der Waals surface area (Å²) < 4.78 is 6.63. The van der Waals surface area contributed by atoms with Gasteiger partial charge in [0.2, 0.25) is 0 Å². The Bertz CT molecular complexity index is 2870. The van der Waals surface area contributed by atoms with E-state index in [-0.39, 0.29) is 0 Å². The third-order valence-corrected chi connectivity index (χ3v) is 10.1. The second kappa shape index (κ2) is 11.5. The molecule has 0 saturated heterocycles. The van der Waals surface area contributed by atoms with Gasteiger partial charge in [0.05, 0.1) is 11.4 Å². The van der Waals surface area contributed by atoms with Crippen LogP contribution < -0.4 is 4.90 Å². The minimum absolute atomic E-state index is 0.889. The number of furan rings is 1. The molecule has 0 atom stereocenters. The summed E-state index contributed by atoms with van der Waals surface area (Å²) in [7, 11) is 0. The molecule has 0 amide bonds. The number of fused-ring (bicyclic) bond motifs is 7. The van der Waals surface area contributed by atoms with Crippen molar-refractivity contribution in [2.75, 3.05) is 4.90 Å². The highest BCUT2D eigenvalue weighted by Gasteiger charge is 2.20. The number of nitrogens with zero attached hydrogens (tertiary/aromatic N) is 1. The number of para-hydroxylation sites is 1. The molecule has 0 fully saturated rings. The van der Waals surface area contributed by atoms with Crippen LogP contribution in [0.25, 0.3) is 76.5 Å². The molecular weight excluding hydrogens is 607 g/mol. The summed E-state index contributed by atoms with van der Waals surface area (Å²) in [6.45, 7) is 0. The lowest BCUT2D eigenvalue weighted by Gasteiger charge is -2.29. The molecule has 0 radical (unpaired) electrons. The molecule has 0 unspecified atom stereocenters. The van der Waals surface area contributed by atoms with Crippen molar-refractivity contribution in [2.45, 2.75) is 0 Å². The molecule has 10 rings (SSSR count). The molecule has 0 bridgehead atoms. The number of hydrogen-bond acceptors (Lipinski definition) is 2. The topological polar surface area (TPSA) is 16.4 Å². The molecule has 1 heterocycles. The van der Waals surface area contributed by atoms with Crippen LogP contribution in [0.1, 0.15) is 0 Å². The van der Waals surface area contributed by atoms with E-state index in [0.717, 1.165) is 55.5 Å². The monoisotopic (exact) mass is 637 g/mol. The van der Waals surface area contributed by atoms with Crippen LogP contribution in [-0.4, -0.2) is 0 Å². The molecule has 0 saturated carbocycles. The maximum absolute atomic E-state index is 6.63. The highest BCUT2D eigenvalue weighted by atomic mass is 16.3. The second-order valence-corrected chi connectivity index (χ2v) is 12.9. The molecule has 2 heteroatoms. The molecular formula is C48H31NO. The smallest absolute Gasteiger partial charge is 0.143 e. The van der Waals surface area contributed by atoms with Crippen LogP contribution in [0, 0.1) is 0 Å². The van der Waals surface area contributed by atoms with E-state index in [9.17, 15) is 0 Å². The van der Waals surface area contributed by atoms with Gasteiger partial charge in [-0.15, -0.1) is 0 Å². The lowest BCUT2D eigenvalue weighted by Crippen LogP contribution is -2.11. The van der Waals surface area contributed by atoms with Gasteiger partial charge in [-0.2, -0.15) is 0 Å². The van der Waals surface area contributed by atoms with Gasteiger partial charge in [0.25, 0.3) is 0 Å². The zero-order chi connectivity index (χ0) is 33.0. The molecule has 0 spiro atoms. The van der Waals surface area contributed by atoms with E-state index in [2.05, 4.69) is 193 Å². The van der Waals surface area contributed by atoms with Gasteiger partial charge in [-0.3, -0.25) is 0 Å². The van der Waals surface area contributed by atoms with Crippen LogP contribution in [0.15, 0.2) is 192 Å². The molecule has 0 aliphatic rings. The maximum Gasteiger partial charge on any atom is 0.143 e. The number of hydrogen-bond donors (Lipinski definition) is 0. The highest BCUT2D eigenvalue weighted by molar-refractivity contribution is 6.15. The van der Waals surface area contributed by atoms with Crippen molar-refractivity contribution < 1.29 is 4.42 Å². The molecule has 10 aromatic rings. The van der Waals surface area contributed by atoms with Crippen molar-refractivity contribution in [3.63, 3.8) is 0 Å². The molecule has 2 nitrogen and oxygen atoms in total. The first kappa shape index (κ1) is 28.4. The first-order valence-corrected chi connectivity index (χ1v) is 17.1. The second-order valence-electron chi connectivity index (χ2n) is 12.9. The predicted molar refractivity (Wildman–Crippen MR) is 212 cm³/mol. The summed E-state index contributed by atoms with van der Waals surface area (Å²) in [6.07, 6.45) is 0. The fourth-order valence-corrected chi connectivity index (χ4v) is 7.66. The van der Waals surface area contributed by atoms with E-state index < -0.39 is 0 Å². The van der Waals surface area contributed by atoms with E-state index in [4.69, 9.17) is 4.42 Å². The molecule has 0 aliphatic carbocycles. The van der Waals surface area contributed by atoms with E-state index in [0.29, 0.717) is 0 Å². The van der Waals surface area contributed by atoms with Crippen LogP contribution >= 0.6 is 0 Å². The first-order chi connectivity index (χ1) is 24.8. The van der Waals surface area contributed by atoms with E-state index in [1.807, 2.05) is 0 Å². The van der Waals surface area contributed by atoms with Crippen molar-refractivity contribution >= 4 is 71.3 Å². The van der Waals surface area contributed by atoms with Gasteiger partial charge in [0.1, 0.15) is 11.2 Å². The summed E-state index contributed by atoms with van der Waals surface area (Å²) in [6, 6.07) is 67.5. The minimum atomic E-state index is 0.889. The summed E-state index contributed by atoms with van der Waals surface area (Å²) in [5.41, 5.74) is 9.81. The van der Waals surface area contributed by atoms with Crippen LogP contribution in [0.4, 0.5) is 17.1 Å². The molecule has 234 valence electrons. The quantitative estimate of drug-likeness (QED) is 0.187. The Morgan fingerprint density at radius 3 is 1.72 bits per heavy atom. The van der Waals surface area contributed by atoms with Crippen molar-refractivity contribution in [1.82, 2.24) is 0 Å². The van der Waals surface area contributed by atoms with Crippen molar-refractivity contribution in [2.24, 2.45) is 0 Å². The van der Waals surface area contributed by atoms with Crippen molar-refractivity contribution in [1.29, 1.82) is 0 Å². The lowest BCUT2D eigenvalue weighted by atomic mass is 9.97. The number of rotatable bonds is 5. The van der Waals surface area contributed by atoms with Gasteiger partial charge in [0, 0.05) is 32.8 Å². The Labute approximate surface area is 290 Å². The Morgan fingerprint density at radius 1 is 0.340 bits per heavy atom. The minimum Gasteiger partial charge on any atom is -0.455 e. The van der Waals surface area contributed by atoms with Crippen LogP contribution in [0.2, 0.25) is 0 Å². The normalized spacial score (nSPS) is 11.6. The number of anilines is 3. The Morgan fingerprint density at radius 2 is 0.900 bits per heavy atom. The third-order valence-electron chi connectivity index (χ3n) is 10.1. The Balaban J connectivity index is 1.16. The zero-order valence-corrected chi connectivity index (χ0v) is 27.3. The summed E-state index contributed by atoms with van der Waals surface area (Å²) in [5, 5.41) is 9.49. The van der Waals surface area contributed by atoms with Crippen LogP contribution in [0.5, 0.6) is 0 Å². The Kier molecular flexibility index (Phi) is 6.53. The molecule has 50 heavy (non-hydrogen) atoms. The molecule has 1 aromatic heterocycles. The molecule has 0 aliphatic heterocycles. The van der Waals surface area contributed by atoms with Crippen LogP contribution in [0.3, 0.4) is 0 Å². The van der Waals surface area contributed by atoms with Gasteiger partial charge in [-0.25, -0.2) is 0 Å². The standard InChI is InChI=1S/C48H31NO/c1-4-16-38-32(11-1)14-9-20-39(38)35-23-27-37(28-24-35)49(46-22-10-15-33-12-2-5-17-40(33)46)45-21-8-7-18-41(45)36-26-29-43-44-30-25-34-13-3-6-19-42(34)48(44)50-47(43)31-36/h1-31H. The van der Waals surface area contributed by atoms with E-state index >= 15 is 0 Å². The maximum atomic E-state index is 6.63. The van der Waals surface area contributed by atoms with Gasteiger partial charge >= 0.3 is 0 Å². The average Bonchev–Trinajstić information content (AvgIpc) is 3.57. The van der Waals surface area contributed by atoms with Gasteiger partial charge in [0.15, 0.2) is 0 Å². The molecule has 9 aromatic carbocycles. The van der Waals surface area contributed by atoms with Crippen molar-refractivity contribution in [3.05, 3.63) is 188 Å². The van der Waals surface area contributed by atoms with Gasteiger partial charge in [-0.1, -0.05) is 146 Å². The number of benzene rings is 9. The SMILES string of the molecule is c1ccc(N(c2ccc(-c3cccc4ccccc34)cc2)c2cccc3ccccc23)c(-c2ccc3c(c2)oc2c4ccccc4ccc32)c1. The van der Waals surface area contributed by atoms with E-state index in [1.165, 1.54) is 38.1 Å². The fraction of sp³-hybridized carbons (Fsp3) is 0.